The van der Waals surface area contributed by atoms with E-state index in [9.17, 15) is 14.7 Å². The second kappa shape index (κ2) is 6.13. The lowest BCUT2D eigenvalue weighted by molar-refractivity contribution is 0.412. The van der Waals surface area contributed by atoms with Gasteiger partial charge in [0, 0.05) is 17.4 Å². The monoisotopic (exact) mass is 330 g/mol. The van der Waals surface area contributed by atoms with Crippen molar-refractivity contribution in [1.82, 2.24) is 9.55 Å². The molecule has 3 aromatic rings. The first-order valence-corrected chi connectivity index (χ1v) is 7.72. The summed E-state index contributed by atoms with van der Waals surface area (Å²) in [5.74, 6) is 0.181. The lowest BCUT2D eigenvalue weighted by Crippen LogP contribution is -2.31. The maximum absolute atomic E-state index is 12.1. The topological polar surface area (TPSA) is 84.3 Å². The van der Waals surface area contributed by atoms with Crippen molar-refractivity contribution in [3.63, 3.8) is 0 Å². The van der Waals surface area contributed by atoms with Crippen LogP contribution >= 0.6 is 11.3 Å². The molecule has 0 bridgehead atoms. The number of aromatic amines is 1. The second-order valence-corrected chi connectivity index (χ2v) is 5.89. The average molecular weight is 330 g/mol. The van der Waals surface area contributed by atoms with Crippen LogP contribution in [0.5, 0.6) is 11.6 Å². The average Bonchev–Trinajstić information content (AvgIpc) is 3.04. The highest BCUT2D eigenvalue weighted by Crippen LogP contribution is 2.23. The first-order chi connectivity index (χ1) is 11.1. The van der Waals surface area contributed by atoms with E-state index in [-0.39, 0.29) is 17.9 Å². The number of rotatable bonds is 4. The molecule has 0 atom stereocenters. The molecule has 0 spiro atoms. The molecular weight excluding hydrogens is 316 g/mol. The third kappa shape index (κ3) is 2.91. The van der Waals surface area contributed by atoms with E-state index in [1.54, 1.807) is 24.3 Å². The van der Waals surface area contributed by atoms with Crippen molar-refractivity contribution in [3.8, 4) is 17.3 Å². The summed E-state index contributed by atoms with van der Waals surface area (Å²) < 4.78 is 6.19. The highest BCUT2D eigenvalue weighted by molar-refractivity contribution is 7.09. The van der Waals surface area contributed by atoms with Gasteiger partial charge < -0.3 is 9.84 Å². The summed E-state index contributed by atoms with van der Waals surface area (Å²) in [6.07, 6.45) is 0.253. The van der Waals surface area contributed by atoms with Crippen LogP contribution in [0.1, 0.15) is 10.4 Å². The van der Waals surface area contributed by atoms with Crippen LogP contribution in [-0.4, -0.2) is 21.8 Å². The predicted molar refractivity (Wildman–Crippen MR) is 88.0 cm³/mol. The van der Waals surface area contributed by atoms with E-state index in [4.69, 9.17) is 4.74 Å². The Balaban J connectivity index is 2.17. The third-order valence-electron chi connectivity index (χ3n) is 3.42. The minimum absolute atomic E-state index is 0.148. The van der Waals surface area contributed by atoms with Gasteiger partial charge in [0.25, 0.3) is 5.56 Å². The number of nitrogens with one attached hydrogen (secondary N) is 1. The number of aromatic hydroxyl groups is 1. The molecule has 2 N–H and O–H groups in total. The minimum Gasteiger partial charge on any atom is -0.497 e. The Hall–Kier alpha value is -2.80. The molecule has 0 saturated heterocycles. The van der Waals surface area contributed by atoms with E-state index in [2.05, 4.69) is 4.98 Å². The number of hydrogen-bond donors (Lipinski definition) is 2. The maximum atomic E-state index is 12.1. The van der Waals surface area contributed by atoms with Crippen molar-refractivity contribution in [2.45, 2.75) is 6.42 Å². The molecule has 0 amide bonds. The fourth-order valence-electron chi connectivity index (χ4n) is 2.30. The normalized spacial score (nSPS) is 10.7. The molecule has 0 aliphatic heterocycles. The van der Waals surface area contributed by atoms with E-state index in [0.29, 0.717) is 11.4 Å². The van der Waals surface area contributed by atoms with Gasteiger partial charge in [-0.2, -0.15) is 0 Å². The maximum Gasteiger partial charge on any atom is 0.335 e. The number of ether oxygens (including phenoxy) is 1. The summed E-state index contributed by atoms with van der Waals surface area (Å²) in [5.41, 5.74) is -0.721. The van der Waals surface area contributed by atoms with Crippen molar-refractivity contribution in [2.75, 3.05) is 7.11 Å². The number of thiophene rings is 1. The molecule has 0 aliphatic rings. The number of benzene rings is 1. The van der Waals surface area contributed by atoms with Crippen LogP contribution in [-0.2, 0) is 6.42 Å². The fraction of sp³-hybridized carbons (Fsp3) is 0.125. The van der Waals surface area contributed by atoms with Gasteiger partial charge in [0.05, 0.1) is 18.4 Å². The summed E-state index contributed by atoms with van der Waals surface area (Å²) >= 11 is 1.48. The SMILES string of the molecule is COc1cccc(-n2c(O)c(Cc3cccs3)c(=O)[nH]c2=O)c1. The molecule has 23 heavy (non-hydrogen) atoms. The van der Waals surface area contributed by atoms with Gasteiger partial charge in [-0.3, -0.25) is 9.78 Å². The molecule has 0 saturated carbocycles. The summed E-state index contributed by atoms with van der Waals surface area (Å²) in [4.78, 5) is 27.3. The summed E-state index contributed by atoms with van der Waals surface area (Å²) in [6, 6.07) is 10.4. The van der Waals surface area contributed by atoms with Crippen molar-refractivity contribution in [3.05, 3.63) is 73.1 Å². The smallest absolute Gasteiger partial charge is 0.335 e. The Kier molecular flexibility index (Phi) is 4.03. The van der Waals surface area contributed by atoms with E-state index < -0.39 is 11.2 Å². The van der Waals surface area contributed by atoms with Gasteiger partial charge in [0.2, 0.25) is 5.88 Å². The highest BCUT2D eigenvalue weighted by atomic mass is 32.1. The fourth-order valence-corrected chi connectivity index (χ4v) is 3.01. The second-order valence-electron chi connectivity index (χ2n) is 4.85. The molecule has 3 rings (SSSR count). The largest absolute Gasteiger partial charge is 0.497 e. The Morgan fingerprint density at radius 2 is 2.09 bits per heavy atom. The molecule has 0 aliphatic carbocycles. The van der Waals surface area contributed by atoms with Crippen molar-refractivity contribution >= 4 is 11.3 Å². The van der Waals surface area contributed by atoms with Gasteiger partial charge in [-0.15, -0.1) is 11.3 Å². The molecule has 118 valence electrons. The lowest BCUT2D eigenvalue weighted by Gasteiger charge is -2.12. The van der Waals surface area contributed by atoms with Crippen LogP contribution in [0.3, 0.4) is 0 Å². The molecule has 0 fully saturated rings. The number of aromatic nitrogens is 2. The number of methoxy groups -OCH3 is 1. The van der Waals surface area contributed by atoms with Crippen LogP contribution in [0, 0.1) is 0 Å². The molecule has 6 nitrogen and oxygen atoms in total. The molecule has 1 aromatic carbocycles. The zero-order valence-corrected chi connectivity index (χ0v) is 13.1. The van der Waals surface area contributed by atoms with Gasteiger partial charge in [-0.1, -0.05) is 12.1 Å². The molecule has 0 radical (unpaired) electrons. The first kappa shape index (κ1) is 15.1. The van der Waals surface area contributed by atoms with E-state index >= 15 is 0 Å². The van der Waals surface area contributed by atoms with Gasteiger partial charge in [-0.05, 0) is 23.6 Å². The zero-order valence-electron chi connectivity index (χ0n) is 12.3. The Morgan fingerprint density at radius 1 is 1.26 bits per heavy atom. The zero-order chi connectivity index (χ0) is 16.4. The van der Waals surface area contributed by atoms with Crippen molar-refractivity contribution in [2.24, 2.45) is 0 Å². The van der Waals surface area contributed by atoms with Crippen LogP contribution in [0.2, 0.25) is 0 Å². The quantitative estimate of drug-likeness (QED) is 0.765. The number of H-pyrrole nitrogens is 1. The summed E-state index contributed by atoms with van der Waals surface area (Å²) in [5, 5.41) is 12.4. The molecular formula is C16H14N2O4S. The van der Waals surface area contributed by atoms with Gasteiger partial charge >= 0.3 is 5.69 Å². The molecule has 0 unspecified atom stereocenters. The Bertz CT molecular complexity index is 941. The molecule has 7 heteroatoms. The highest BCUT2D eigenvalue weighted by Gasteiger charge is 2.16. The van der Waals surface area contributed by atoms with Gasteiger partial charge in [-0.25, -0.2) is 9.36 Å². The third-order valence-corrected chi connectivity index (χ3v) is 4.30. The minimum atomic E-state index is -0.698. The molecule has 2 aromatic heterocycles. The summed E-state index contributed by atoms with van der Waals surface area (Å²) in [6.45, 7) is 0. The Morgan fingerprint density at radius 3 is 2.78 bits per heavy atom. The van der Waals surface area contributed by atoms with Crippen LogP contribution in [0.25, 0.3) is 5.69 Å². The lowest BCUT2D eigenvalue weighted by atomic mass is 10.2. The van der Waals surface area contributed by atoms with Gasteiger partial charge in [0.1, 0.15) is 5.75 Å². The Labute approximate surface area is 135 Å². The van der Waals surface area contributed by atoms with Crippen molar-refractivity contribution < 1.29 is 9.84 Å². The first-order valence-electron chi connectivity index (χ1n) is 6.84. The number of nitrogens with zero attached hydrogens (tertiary/aromatic N) is 1. The van der Waals surface area contributed by atoms with Crippen LogP contribution < -0.4 is 16.0 Å². The van der Waals surface area contributed by atoms with E-state index in [1.165, 1.54) is 18.4 Å². The van der Waals surface area contributed by atoms with Crippen LogP contribution in [0.4, 0.5) is 0 Å². The number of hydrogen-bond acceptors (Lipinski definition) is 5. The van der Waals surface area contributed by atoms with E-state index in [1.807, 2.05) is 17.5 Å². The van der Waals surface area contributed by atoms with Crippen LogP contribution in [0.15, 0.2) is 51.4 Å². The van der Waals surface area contributed by atoms with Crippen molar-refractivity contribution in [1.29, 1.82) is 0 Å². The summed E-state index contributed by atoms with van der Waals surface area (Å²) in [7, 11) is 1.51. The van der Waals surface area contributed by atoms with Gasteiger partial charge in [0.15, 0.2) is 0 Å². The predicted octanol–water partition coefficient (Wildman–Crippen LogP) is 1.89. The standard InChI is InChI=1S/C16H14N2O4S/c1-22-11-5-2-4-10(8-11)18-15(20)13(14(19)17-16(18)21)9-12-6-3-7-23-12/h2-8,20H,9H2,1H3,(H,17,19,21). The molecule has 2 heterocycles. The van der Waals surface area contributed by atoms with E-state index in [0.717, 1.165) is 9.44 Å².